The maximum absolute atomic E-state index is 13.8. The molecule has 1 aromatic rings. The number of fused-ring (bicyclic) bond motifs is 1. The molecule has 2 aliphatic rings. The third kappa shape index (κ3) is 5.74. The highest BCUT2D eigenvalue weighted by molar-refractivity contribution is 6.23. The molecule has 0 saturated carbocycles. The molecule has 0 bridgehead atoms. The topological polar surface area (TPSA) is 97.6 Å². The van der Waals surface area contributed by atoms with Crippen molar-refractivity contribution in [2.24, 2.45) is 10.4 Å². The number of halogens is 2. The van der Waals surface area contributed by atoms with Crippen molar-refractivity contribution in [2.45, 2.75) is 65.0 Å². The lowest BCUT2D eigenvalue weighted by Crippen LogP contribution is -2.56. The van der Waals surface area contributed by atoms with Crippen LogP contribution in [0.15, 0.2) is 17.1 Å². The first-order valence-electron chi connectivity index (χ1n) is 11.3. The number of hydrogen-bond acceptors (Lipinski definition) is 5. The van der Waals surface area contributed by atoms with Gasteiger partial charge in [0.1, 0.15) is 17.4 Å². The smallest absolute Gasteiger partial charge is 0.257 e. The fourth-order valence-electron chi connectivity index (χ4n) is 4.27. The summed E-state index contributed by atoms with van der Waals surface area (Å²) in [6.45, 7) is 10.3. The largest absolute Gasteiger partial charge is 0.336 e. The molecule has 1 atom stereocenters. The van der Waals surface area contributed by atoms with Crippen LogP contribution in [0.3, 0.4) is 0 Å². The normalized spacial score (nSPS) is 20.2. The average molecular weight is 464 g/mol. The van der Waals surface area contributed by atoms with Gasteiger partial charge >= 0.3 is 0 Å². The fourth-order valence-corrected chi connectivity index (χ4v) is 4.27. The van der Waals surface area contributed by atoms with E-state index in [1.54, 1.807) is 0 Å². The van der Waals surface area contributed by atoms with Crippen molar-refractivity contribution in [2.75, 3.05) is 19.6 Å². The lowest BCUT2D eigenvalue weighted by Gasteiger charge is -2.38. The SMILES string of the molecule is CCCN1CCC(C#N)(NC(=O)[C@H](CC(C)(C)C)N=C2NC(=O)c3cc(F)c(F)cc32)CC1.[HH].[HH]. The number of likely N-dealkylation sites (tertiary alicyclic amines) is 1. The lowest BCUT2D eigenvalue weighted by atomic mass is 9.85. The van der Waals surface area contributed by atoms with Gasteiger partial charge in [0.2, 0.25) is 5.91 Å². The Labute approximate surface area is 196 Å². The van der Waals surface area contributed by atoms with Crippen LogP contribution in [0.4, 0.5) is 8.78 Å². The molecule has 1 fully saturated rings. The van der Waals surface area contributed by atoms with E-state index in [1.807, 2.05) is 20.8 Å². The van der Waals surface area contributed by atoms with Crippen LogP contribution < -0.4 is 10.6 Å². The first kappa shape index (κ1) is 24.8. The Bertz CT molecular complexity index is 1010. The molecule has 33 heavy (non-hydrogen) atoms. The number of carbonyl (C=O) groups excluding carboxylic acids is 2. The molecular formula is C24H35F2N5O2. The Balaban J connectivity index is 0.00000306. The number of nitrogens with zero attached hydrogens (tertiary/aromatic N) is 3. The number of hydrogen-bond donors (Lipinski definition) is 2. The van der Waals surface area contributed by atoms with Crippen molar-refractivity contribution in [3.8, 4) is 6.07 Å². The van der Waals surface area contributed by atoms with E-state index in [9.17, 15) is 23.6 Å². The van der Waals surface area contributed by atoms with Gasteiger partial charge in [-0.15, -0.1) is 0 Å². The van der Waals surface area contributed by atoms with E-state index in [1.165, 1.54) is 0 Å². The summed E-state index contributed by atoms with van der Waals surface area (Å²) in [6, 6.07) is 3.11. The molecule has 0 spiro atoms. The van der Waals surface area contributed by atoms with E-state index in [-0.39, 0.29) is 25.2 Å². The minimum absolute atomic E-state index is 0. The third-order valence-electron chi connectivity index (χ3n) is 6.01. The lowest BCUT2D eigenvalue weighted by molar-refractivity contribution is -0.124. The third-order valence-corrected chi connectivity index (χ3v) is 6.01. The zero-order valence-electron chi connectivity index (χ0n) is 19.6. The second-order valence-corrected chi connectivity index (χ2v) is 10.0. The van der Waals surface area contributed by atoms with Crippen LogP contribution in [-0.2, 0) is 4.79 Å². The molecule has 1 saturated heterocycles. The first-order valence-corrected chi connectivity index (χ1v) is 11.3. The number of carbonyl (C=O) groups is 2. The summed E-state index contributed by atoms with van der Waals surface area (Å²) in [5.74, 6) is -3.22. The molecular weight excluding hydrogens is 428 g/mol. The summed E-state index contributed by atoms with van der Waals surface area (Å²) >= 11 is 0. The van der Waals surface area contributed by atoms with Crippen molar-refractivity contribution in [1.82, 2.24) is 15.5 Å². The summed E-state index contributed by atoms with van der Waals surface area (Å²) in [6.07, 6.45) is 2.38. The molecule has 2 amide bonds. The zero-order chi connectivity index (χ0) is 24.4. The Morgan fingerprint density at radius 2 is 1.91 bits per heavy atom. The number of piperidine rings is 1. The van der Waals surface area contributed by atoms with Crippen LogP contribution in [0.5, 0.6) is 0 Å². The first-order chi connectivity index (χ1) is 15.5. The fraction of sp³-hybridized carbons (Fsp3) is 0.583. The Morgan fingerprint density at radius 3 is 2.45 bits per heavy atom. The molecule has 9 heteroatoms. The minimum atomic E-state index is -1.13. The maximum atomic E-state index is 13.8. The molecule has 7 nitrogen and oxygen atoms in total. The summed E-state index contributed by atoms with van der Waals surface area (Å²) in [7, 11) is 0. The van der Waals surface area contributed by atoms with Gasteiger partial charge in [-0.05, 0) is 49.8 Å². The molecule has 3 rings (SSSR count). The molecule has 0 unspecified atom stereocenters. The van der Waals surface area contributed by atoms with Crippen molar-refractivity contribution < 1.29 is 21.2 Å². The molecule has 2 heterocycles. The summed E-state index contributed by atoms with van der Waals surface area (Å²) in [5.41, 5.74) is -1.19. The second-order valence-electron chi connectivity index (χ2n) is 10.0. The van der Waals surface area contributed by atoms with Gasteiger partial charge in [0.25, 0.3) is 5.91 Å². The molecule has 0 aliphatic carbocycles. The molecule has 2 N–H and O–H groups in total. The van der Waals surface area contributed by atoms with Crippen LogP contribution in [0, 0.1) is 28.4 Å². The highest BCUT2D eigenvalue weighted by atomic mass is 19.2. The Kier molecular flexibility index (Phi) is 7.17. The molecule has 2 aliphatic heterocycles. The van der Waals surface area contributed by atoms with Crippen LogP contribution in [0.1, 0.15) is 72.2 Å². The van der Waals surface area contributed by atoms with Crippen molar-refractivity contribution >= 4 is 17.6 Å². The van der Waals surface area contributed by atoms with Gasteiger partial charge < -0.3 is 15.5 Å². The predicted molar refractivity (Wildman–Crippen MR) is 125 cm³/mol. The Hall–Kier alpha value is -2.86. The monoisotopic (exact) mass is 463 g/mol. The van der Waals surface area contributed by atoms with Crippen molar-refractivity contribution in [1.29, 1.82) is 5.26 Å². The van der Waals surface area contributed by atoms with Crippen molar-refractivity contribution in [3.05, 3.63) is 34.9 Å². The van der Waals surface area contributed by atoms with E-state index < -0.39 is 35.0 Å². The van der Waals surface area contributed by atoms with Gasteiger partial charge in [0.15, 0.2) is 11.6 Å². The molecule has 0 aromatic heterocycles. The number of nitrogens with one attached hydrogen (secondary N) is 2. The van der Waals surface area contributed by atoms with Gasteiger partial charge in [-0.25, -0.2) is 8.78 Å². The number of amidine groups is 1. The van der Waals surface area contributed by atoms with E-state index in [4.69, 9.17) is 0 Å². The van der Waals surface area contributed by atoms with E-state index in [0.717, 1.165) is 25.1 Å². The van der Waals surface area contributed by atoms with E-state index in [0.29, 0.717) is 32.4 Å². The van der Waals surface area contributed by atoms with Gasteiger partial charge in [0, 0.05) is 21.5 Å². The van der Waals surface area contributed by atoms with E-state index in [2.05, 4.69) is 33.5 Å². The van der Waals surface area contributed by atoms with Gasteiger partial charge in [0.05, 0.1) is 11.6 Å². The standard InChI is InChI=1S/C24H31F2N5O2.2H2/c1-5-8-31-9-6-24(14-27,7-10-31)30-22(33)19(13-23(2,3)4)28-20-15-11-17(25)18(26)12-16(15)21(32)29-20;;/h11-12,19H,5-10,13H2,1-4H3,(H,30,33)(H,28,29,32);2*1H/t19-;;/m0../s1. The summed E-state index contributed by atoms with van der Waals surface area (Å²) in [5, 5.41) is 15.3. The number of nitriles is 1. The minimum Gasteiger partial charge on any atom is -0.336 e. The van der Waals surface area contributed by atoms with Gasteiger partial charge in [-0.3, -0.25) is 14.6 Å². The van der Waals surface area contributed by atoms with Crippen LogP contribution >= 0.6 is 0 Å². The second kappa shape index (κ2) is 9.56. The van der Waals surface area contributed by atoms with Crippen LogP contribution in [0.2, 0.25) is 0 Å². The van der Waals surface area contributed by atoms with Crippen molar-refractivity contribution in [3.63, 3.8) is 0 Å². The Morgan fingerprint density at radius 1 is 1.30 bits per heavy atom. The summed E-state index contributed by atoms with van der Waals surface area (Å²) < 4.78 is 27.5. The number of amides is 2. The van der Waals surface area contributed by atoms with Crippen LogP contribution in [0.25, 0.3) is 0 Å². The highest BCUT2D eigenvalue weighted by Gasteiger charge is 2.39. The molecule has 0 radical (unpaired) electrons. The van der Waals surface area contributed by atoms with Crippen LogP contribution in [-0.4, -0.2) is 53.8 Å². The maximum Gasteiger partial charge on any atom is 0.257 e. The summed E-state index contributed by atoms with van der Waals surface area (Å²) in [4.78, 5) is 32.3. The average Bonchev–Trinajstić information content (AvgIpc) is 3.03. The zero-order valence-corrected chi connectivity index (χ0v) is 19.6. The number of rotatable bonds is 6. The molecule has 182 valence electrons. The predicted octanol–water partition coefficient (Wildman–Crippen LogP) is 3.64. The highest BCUT2D eigenvalue weighted by Crippen LogP contribution is 2.27. The molecule has 1 aromatic carbocycles. The number of aliphatic imine (C=N–C) groups is 1. The number of benzene rings is 1. The van der Waals surface area contributed by atoms with Gasteiger partial charge in [-0.1, -0.05) is 27.7 Å². The van der Waals surface area contributed by atoms with Gasteiger partial charge in [-0.2, -0.15) is 5.26 Å². The quantitative estimate of drug-likeness (QED) is 0.673. The van der Waals surface area contributed by atoms with E-state index >= 15 is 0 Å².